The van der Waals surface area contributed by atoms with Crippen LogP contribution in [-0.4, -0.2) is 20.3 Å². The fourth-order valence-corrected chi connectivity index (χ4v) is 2.35. The van der Waals surface area contributed by atoms with Crippen molar-refractivity contribution in [2.75, 3.05) is 0 Å². The molecule has 0 spiro atoms. The third kappa shape index (κ3) is 3.67. The molecule has 19 heavy (non-hydrogen) atoms. The van der Waals surface area contributed by atoms with Crippen LogP contribution in [0.25, 0.3) is 0 Å². The fourth-order valence-electron chi connectivity index (χ4n) is 2.35. The van der Waals surface area contributed by atoms with Crippen LogP contribution in [0.4, 0.5) is 0 Å². The molecular weight excluding hydrogens is 236 g/mol. The van der Waals surface area contributed by atoms with E-state index in [2.05, 4.69) is 17.1 Å². The minimum absolute atomic E-state index is 0.646. The monoisotopic (exact) mass is 258 g/mol. The Kier molecular flexibility index (Phi) is 4.38. The van der Waals surface area contributed by atoms with Crippen LogP contribution < -0.4 is 0 Å². The van der Waals surface area contributed by atoms with E-state index < -0.39 is 5.60 Å². The molecule has 0 radical (unpaired) electrons. The predicted octanol–water partition coefficient (Wildman–Crippen LogP) is 2.74. The van der Waals surface area contributed by atoms with E-state index in [1.165, 1.54) is 5.56 Å². The quantitative estimate of drug-likeness (QED) is 0.865. The van der Waals surface area contributed by atoms with Crippen molar-refractivity contribution in [2.24, 2.45) is 7.05 Å². The molecule has 0 saturated heterocycles. The highest BCUT2D eigenvalue weighted by Gasteiger charge is 2.25. The van der Waals surface area contributed by atoms with E-state index in [0.717, 1.165) is 25.1 Å². The summed E-state index contributed by atoms with van der Waals surface area (Å²) in [6.07, 6.45) is 6.75. The van der Waals surface area contributed by atoms with Gasteiger partial charge in [-0.25, -0.2) is 4.98 Å². The van der Waals surface area contributed by atoms with Crippen LogP contribution in [0.15, 0.2) is 42.7 Å². The third-order valence-corrected chi connectivity index (χ3v) is 3.77. The minimum Gasteiger partial charge on any atom is -0.390 e. The molecule has 1 atom stereocenters. The lowest BCUT2D eigenvalue weighted by Crippen LogP contribution is -2.31. The van der Waals surface area contributed by atoms with Gasteiger partial charge in [0.05, 0.1) is 5.60 Å². The zero-order valence-corrected chi connectivity index (χ0v) is 11.7. The van der Waals surface area contributed by atoms with E-state index in [1.54, 1.807) is 6.20 Å². The number of rotatable bonds is 6. The summed E-state index contributed by atoms with van der Waals surface area (Å²) in [5, 5.41) is 10.7. The molecule has 102 valence electrons. The molecule has 0 bridgehead atoms. The summed E-state index contributed by atoms with van der Waals surface area (Å²) in [7, 11) is 1.99. The molecule has 1 aromatic carbocycles. The molecule has 1 unspecified atom stereocenters. The first kappa shape index (κ1) is 13.8. The molecule has 1 heterocycles. The zero-order valence-electron chi connectivity index (χ0n) is 11.7. The molecule has 2 rings (SSSR count). The second-order valence-corrected chi connectivity index (χ2v) is 5.19. The van der Waals surface area contributed by atoms with E-state index in [9.17, 15) is 5.11 Å². The van der Waals surface area contributed by atoms with Crippen molar-refractivity contribution in [1.82, 2.24) is 9.55 Å². The normalized spacial score (nSPS) is 14.3. The van der Waals surface area contributed by atoms with Crippen molar-refractivity contribution in [3.63, 3.8) is 0 Å². The smallest absolute Gasteiger partial charge is 0.108 e. The van der Waals surface area contributed by atoms with Crippen LogP contribution in [0, 0.1) is 0 Å². The molecule has 0 aliphatic heterocycles. The van der Waals surface area contributed by atoms with Crippen LogP contribution in [0.2, 0.25) is 0 Å². The molecule has 1 aromatic heterocycles. The number of imidazole rings is 1. The number of hydrogen-bond donors (Lipinski definition) is 1. The van der Waals surface area contributed by atoms with Crippen LogP contribution in [0.5, 0.6) is 0 Å². The summed E-state index contributed by atoms with van der Waals surface area (Å²) in [6.45, 7) is 2.04. The number of benzene rings is 1. The number of aliphatic hydroxyl groups is 1. The lowest BCUT2D eigenvalue weighted by molar-refractivity contribution is 0.0274. The van der Waals surface area contributed by atoms with Crippen molar-refractivity contribution in [3.05, 3.63) is 54.1 Å². The lowest BCUT2D eigenvalue weighted by Gasteiger charge is -2.27. The van der Waals surface area contributed by atoms with Crippen LogP contribution >= 0.6 is 0 Å². The Hall–Kier alpha value is -1.61. The van der Waals surface area contributed by atoms with Crippen LogP contribution in [0.1, 0.15) is 31.2 Å². The molecule has 0 fully saturated rings. The van der Waals surface area contributed by atoms with E-state index in [0.29, 0.717) is 6.42 Å². The van der Waals surface area contributed by atoms with E-state index in [4.69, 9.17) is 0 Å². The largest absolute Gasteiger partial charge is 0.390 e. The summed E-state index contributed by atoms with van der Waals surface area (Å²) in [5.41, 5.74) is 0.541. The molecule has 1 N–H and O–H groups in total. The summed E-state index contributed by atoms with van der Waals surface area (Å²) in [5.74, 6) is 1.03. The van der Waals surface area contributed by atoms with Gasteiger partial charge in [-0.15, -0.1) is 0 Å². The van der Waals surface area contributed by atoms with Gasteiger partial charge in [0, 0.05) is 32.3 Å². The Morgan fingerprint density at radius 2 is 2.00 bits per heavy atom. The molecule has 0 aliphatic rings. The molecule has 3 heteroatoms. The second-order valence-electron chi connectivity index (χ2n) is 5.19. The average molecular weight is 258 g/mol. The summed E-state index contributed by atoms with van der Waals surface area (Å²) >= 11 is 0. The van der Waals surface area contributed by atoms with Gasteiger partial charge in [-0.05, 0) is 18.4 Å². The Bertz CT molecular complexity index is 506. The molecule has 3 nitrogen and oxygen atoms in total. The molecule has 0 aliphatic carbocycles. The van der Waals surface area contributed by atoms with Gasteiger partial charge in [-0.3, -0.25) is 0 Å². The maximum Gasteiger partial charge on any atom is 0.108 e. The number of aromatic nitrogens is 2. The molecule has 0 saturated carbocycles. The average Bonchev–Trinajstić information content (AvgIpc) is 2.83. The summed E-state index contributed by atoms with van der Waals surface area (Å²) < 4.78 is 2.01. The minimum atomic E-state index is -0.646. The van der Waals surface area contributed by atoms with Gasteiger partial charge in [0.1, 0.15) is 5.82 Å². The van der Waals surface area contributed by atoms with Gasteiger partial charge in [0.15, 0.2) is 0 Å². The third-order valence-electron chi connectivity index (χ3n) is 3.77. The second kappa shape index (κ2) is 6.02. The Morgan fingerprint density at radius 3 is 2.58 bits per heavy atom. The maximum absolute atomic E-state index is 10.7. The standard InChI is InChI=1S/C16H22N2O/c1-3-16(19,13-14-7-5-4-6-8-14)10-9-15-17-11-12-18(15)2/h4-8,11-12,19H,3,9-10,13H2,1-2H3. The van der Waals surface area contributed by atoms with Gasteiger partial charge < -0.3 is 9.67 Å². The van der Waals surface area contributed by atoms with Gasteiger partial charge in [-0.2, -0.15) is 0 Å². The highest BCUT2D eigenvalue weighted by Crippen LogP contribution is 2.23. The first-order chi connectivity index (χ1) is 9.13. The highest BCUT2D eigenvalue weighted by molar-refractivity contribution is 5.17. The Morgan fingerprint density at radius 1 is 1.26 bits per heavy atom. The number of aryl methyl sites for hydroxylation is 2. The van der Waals surface area contributed by atoms with Crippen LogP contribution in [0.3, 0.4) is 0 Å². The van der Waals surface area contributed by atoms with E-state index in [-0.39, 0.29) is 0 Å². The van der Waals surface area contributed by atoms with Crippen molar-refractivity contribution < 1.29 is 5.11 Å². The van der Waals surface area contributed by atoms with Gasteiger partial charge >= 0.3 is 0 Å². The van der Waals surface area contributed by atoms with Gasteiger partial charge in [0.2, 0.25) is 0 Å². The van der Waals surface area contributed by atoms with E-state index >= 15 is 0 Å². The fraction of sp³-hybridized carbons (Fsp3) is 0.438. The van der Waals surface area contributed by atoms with Gasteiger partial charge in [0.25, 0.3) is 0 Å². The number of nitrogens with zero attached hydrogens (tertiary/aromatic N) is 2. The van der Waals surface area contributed by atoms with E-state index in [1.807, 2.05) is 42.9 Å². The van der Waals surface area contributed by atoms with Crippen molar-refractivity contribution in [1.29, 1.82) is 0 Å². The molecule has 2 aromatic rings. The lowest BCUT2D eigenvalue weighted by atomic mass is 9.87. The van der Waals surface area contributed by atoms with Crippen molar-refractivity contribution in [3.8, 4) is 0 Å². The number of hydrogen-bond acceptors (Lipinski definition) is 2. The summed E-state index contributed by atoms with van der Waals surface area (Å²) in [6, 6.07) is 10.2. The Balaban J connectivity index is 2.00. The van der Waals surface area contributed by atoms with Crippen molar-refractivity contribution >= 4 is 0 Å². The van der Waals surface area contributed by atoms with Crippen molar-refractivity contribution in [2.45, 2.75) is 38.2 Å². The first-order valence-electron chi connectivity index (χ1n) is 6.85. The topological polar surface area (TPSA) is 38.1 Å². The Labute approximate surface area is 114 Å². The highest BCUT2D eigenvalue weighted by atomic mass is 16.3. The maximum atomic E-state index is 10.7. The molecule has 0 amide bonds. The molecular formula is C16H22N2O. The summed E-state index contributed by atoms with van der Waals surface area (Å²) in [4.78, 5) is 4.31. The zero-order chi connectivity index (χ0) is 13.7. The SMILES string of the molecule is CCC(O)(CCc1nccn1C)Cc1ccccc1. The van der Waals surface area contributed by atoms with Crippen LogP contribution in [-0.2, 0) is 19.9 Å². The predicted molar refractivity (Wildman–Crippen MR) is 76.9 cm³/mol. The first-order valence-corrected chi connectivity index (χ1v) is 6.85. The van der Waals surface area contributed by atoms with Gasteiger partial charge in [-0.1, -0.05) is 37.3 Å².